The number of aryl methyl sites for hydroxylation is 1. The van der Waals surface area contributed by atoms with E-state index in [1.54, 1.807) is 0 Å². The monoisotopic (exact) mass is 455 g/mol. The van der Waals surface area contributed by atoms with Crippen LogP contribution >= 0.6 is 23.1 Å². The zero-order chi connectivity index (χ0) is 21.1. The smallest absolute Gasteiger partial charge is 0.233 e. The first-order valence-electron chi connectivity index (χ1n) is 11.7. The molecule has 0 aromatic carbocycles. The predicted octanol–water partition coefficient (Wildman–Crippen LogP) is 4.83. The third-order valence-corrected chi connectivity index (χ3v) is 9.25. The second-order valence-electron chi connectivity index (χ2n) is 9.64. The fraction of sp³-hybridized carbons (Fsp3) is 0.652. The summed E-state index contributed by atoms with van der Waals surface area (Å²) in [5, 5.41) is 11.3. The highest BCUT2D eigenvalue weighted by Crippen LogP contribution is 2.44. The van der Waals surface area contributed by atoms with Crippen molar-refractivity contribution in [1.82, 2.24) is 24.5 Å². The number of hydrogen-bond acceptors (Lipinski definition) is 6. The molecule has 0 radical (unpaired) electrons. The van der Waals surface area contributed by atoms with Crippen LogP contribution in [0.4, 0.5) is 0 Å². The first-order chi connectivity index (χ1) is 15.1. The average molecular weight is 456 g/mol. The molecule has 1 amide bonds. The van der Waals surface area contributed by atoms with Crippen LogP contribution < -0.4 is 0 Å². The van der Waals surface area contributed by atoms with Crippen molar-refractivity contribution >= 4 is 44.9 Å². The van der Waals surface area contributed by atoms with Gasteiger partial charge in [-0.2, -0.15) is 0 Å². The molecule has 0 spiro atoms. The largest absolute Gasteiger partial charge is 0.339 e. The molecule has 0 unspecified atom stereocenters. The van der Waals surface area contributed by atoms with Crippen LogP contribution in [0.3, 0.4) is 0 Å². The van der Waals surface area contributed by atoms with Crippen molar-refractivity contribution < 1.29 is 4.79 Å². The lowest BCUT2D eigenvalue weighted by Gasteiger charge is -2.33. The van der Waals surface area contributed by atoms with Crippen LogP contribution in [-0.2, 0) is 17.6 Å². The van der Waals surface area contributed by atoms with Gasteiger partial charge in [-0.25, -0.2) is 4.98 Å². The van der Waals surface area contributed by atoms with Crippen molar-refractivity contribution in [1.29, 1.82) is 0 Å². The van der Waals surface area contributed by atoms with E-state index < -0.39 is 0 Å². The Morgan fingerprint density at radius 3 is 2.84 bits per heavy atom. The second-order valence-corrected chi connectivity index (χ2v) is 11.7. The van der Waals surface area contributed by atoms with Gasteiger partial charge < -0.3 is 4.90 Å². The molecule has 6 nitrogen and oxygen atoms in total. The van der Waals surface area contributed by atoms with Crippen molar-refractivity contribution in [2.24, 2.45) is 5.92 Å². The molecule has 31 heavy (non-hydrogen) atoms. The number of thiophene rings is 1. The van der Waals surface area contributed by atoms with Crippen LogP contribution in [0, 0.1) is 5.92 Å². The first kappa shape index (κ1) is 20.0. The zero-order valence-corrected chi connectivity index (χ0v) is 19.9. The Morgan fingerprint density at radius 2 is 2.03 bits per heavy atom. The maximum atomic E-state index is 12.9. The Balaban J connectivity index is 1.37. The number of rotatable bonds is 4. The van der Waals surface area contributed by atoms with Gasteiger partial charge >= 0.3 is 0 Å². The molecular formula is C23H29N5OS2. The summed E-state index contributed by atoms with van der Waals surface area (Å²) in [7, 11) is 0. The number of carbonyl (C=O) groups is 1. The summed E-state index contributed by atoms with van der Waals surface area (Å²) in [6.45, 7) is 5.40. The molecule has 0 bridgehead atoms. The average Bonchev–Trinajstić information content (AvgIpc) is 3.42. The van der Waals surface area contributed by atoms with Crippen LogP contribution in [0.2, 0.25) is 0 Å². The summed E-state index contributed by atoms with van der Waals surface area (Å²) >= 11 is 3.39. The number of hydrogen-bond donors (Lipinski definition) is 0. The molecule has 3 aromatic rings. The lowest BCUT2D eigenvalue weighted by molar-refractivity contribution is -0.131. The molecular weight excluding hydrogens is 426 g/mol. The van der Waals surface area contributed by atoms with Gasteiger partial charge in [0.05, 0.1) is 11.1 Å². The number of aromatic nitrogens is 4. The van der Waals surface area contributed by atoms with Gasteiger partial charge in [0.15, 0.2) is 10.8 Å². The number of likely N-dealkylation sites (tertiary alicyclic amines) is 1. The number of amides is 1. The highest BCUT2D eigenvalue weighted by molar-refractivity contribution is 7.99. The first-order valence-corrected chi connectivity index (χ1v) is 13.5. The quantitative estimate of drug-likeness (QED) is 0.527. The zero-order valence-electron chi connectivity index (χ0n) is 18.3. The third-order valence-electron chi connectivity index (χ3n) is 7.19. The van der Waals surface area contributed by atoms with Gasteiger partial charge in [0, 0.05) is 23.4 Å². The van der Waals surface area contributed by atoms with E-state index in [0.29, 0.717) is 17.7 Å². The number of nitrogens with zero attached hydrogens (tertiary/aromatic N) is 5. The molecule has 3 aliphatic rings. The highest BCUT2D eigenvalue weighted by atomic mass is 32.2. The number of fused-ring (bicyclic) bond motifs is 5. The highest BCUT2D eigenvalue weighted by Gasteiger charge is 2.33. The SMILES string of the molecule is C[C@H]1CCc2c(sc3nc(C4CC4)n4c(SCC(=O)N5CCCC[C@H]5C)nnc4c23)C1. The molecule has 2 atom stereocenters. The molecule has 6 rings (SSSR count). The molecule has 3 aromatic heterocycles. The summed E-state index contributed by atoms with van der Waals surface area (Å²) < 4.78 is 2.18. The van der Waals surface area contributed by atoms with Gasteiger partial charge in [0.25, 0.3) is 0 Å². The fourth-order valence-electron chi connectivity index (χ4n) is 5.22. The van der Waals surface area contributed by atoms with E-state index in [4.69, 9.17) is 4.98 Å². The standard InChI is InChI=1S/C23H29N5OS2/c1-13-6-9-16-17(11-13)31-22-19(16)21-25-26-23(28(21)20(24-22)15-7-8-15)30-12-18(29)27-10-4-3-5-14(27)2/h13-15H,3-12H2,1-2H3/t13-,14+/m0/s1. The van der Waals surface area contributed by atoms with E-state index in [9.17, 15) is 4.79 Å². The molecule has 0 N–H and O–H groups in total. The van der Waals surface area contributed by atoms with Gasteiger partial charge in [-0.15, -0.1) is 21.5 Å². The molecule has 164 valence electrons. The Morgan fingerprint density at radius 1 is 1.16 bits per heavy atom. The van der Waals surface area contributed by atoms with Crippen LogP contribution in [0.25, 0.3) is 15.9 Å². The molecule has 4 heterocycles. The molecule has 2 fully saturated rings. The third kappa shape index (κ3) is 3.46. The lowest BCUT2D eigenvalue weighted by Crippen LogP contribution is -2.42. The summed E-state index contributed by atoms with van der Waals surface area (Å²) in [6, 6.07) is 0.347. The Bertz CT molecular complexity index is 1160. The fourth-order valence-corrected chi connectivity index (χ4v) is 7.44. The normalized spacial score (nSPS) is 24.1. The Labute approximate surface area is 190 Å². The number of carbonyl (C=O) groups excluding carboxylic acids is 1. The van der Waals surface area contributed by atoms with Gasteiger partial charge in [0.2, 0.25) is 5.91 Å². The van der Waals surface area contributed by atoms with E-state index in [1.807, 2.05) is 11.3 Å². The maximum Gasteiger partial charge on any atom is 0.233 e. The summed E-state index contributed by atoms with van der Waals surface area (Å²) in [6.07, 6.45) is 9.31. The van der Waals surface area contributed by atoms with Gasteiger partial charge in [-0.3, -0.25) is 9.20 Å². The van der Waals surface area contributed by atoms with Crippen LogP contribution in [0.5, 0.6) is 0 Å². The minimum absolute atomic E-state index is 0.220. The van der Waals surface area contributed by atoms with Crippen molar-refractivity contribution in [3.63, 3.8) is 0 Å². The van der Waals surface area contributed by atoms with Crippen molar-refractivity contribution in [2.75, 3.05) is 12.3 Å². The summed E-state index contributed by atoms with van der Waals surface area (Å²) in [5.41, 5.74) is 2.40. The maximum absolute atomic E-state index is 12.9. The molecule has 8 heteroatoms. The lowest BCUT2D eigenvalue weighted by atomic mass is 9.89. The van der Waals surface area contributed by atoms with Gasteiger partial charge in [-0.05, 0) is 69.8 Å². The molecule has 2 aliphatic carbocycles. The van der Waals surface area contributed by atoms with Crippen molar-refractivity contribution in [2.45, 2.75) is 82.3 Å². The number of piperidine rings is 1. The Kier molecular flexibility index (Phi) is 4.98. The summed E-state index contributed by atoms with van der Waals surface area (Å²) in [5.74, 6) is 2.98. The van der Waals surface area contributed by atoms with Crippen LogP contribution in [-0.4, -0.2) is 48.7 Å². The molecule has 1 saturated heterocycles. The molecule has 1 aliphatic heterocycles. The van der Waals surface area contributed by atoms with E-state index in [-0.39, 0.29) is 5.91 Å². The van der Waals surface area contributed by atoms with Crippen LogP contribution in [0.1, 0.15) is 74.6 Å². The van der Waals surface area contributed by atoms with E-state index in [0.717, 1.165) is 59.6 Å². The van der Waals surface area contributed by atoms with Crippen molar-refractivity contribution in [3.05, 3.63) is 16.3 Å². The van der Waals surface area contributed by atoms with Crippen molar-refractivity contribution in [3.8, 4) is 0 Å². The molecule has 1 saturated carbocycles. The number of thioether (sulfide) groups is 1. The summed E-state index contributed by atoms with van der Waals surface area (Å²) in [4.78, 5) is 22.7. The minimum atomic E-state index is 0.220. The van der Waals surface area contributed by atoms with Crippen LogP contribution in [0.15, 0.2) is 5.16 Å². The van der Waals surface area contributed by atoms with E-state index >= 15 is 0 Å². The van der Waals surface area contributed by atoms with E-state index in [1.165, 1.54) is 53.3 Å². The van der Waals surface area contributed by atoms with E-state index in [2.05, 4.69) is 33.3 Å². The van der Waals surface area contributed by atoms with Gasteiger partial charge in [-0.1, -0.05) is 18.7 Å². The Hall–Kier alpha value is -1.67. The predicted molar refractivity (Wildman–Crippen MR) is 125 cm³/mol. The second kappa shape index (κ2) is 7.73. The van der Waals surface area contributed by atoms with Gasteiger partial charge in [0.1, 0.15) is 10.7 Å². The minimum Gasteiger partial charge on any atom is -0.339 e. The topological polar surface area (TPSA) is 63.4 Å².